The van der Waals surface area contributed by atoms with Gasteiger partial charge in [-0.25, -0.2) is 0 Å². The molecule has 0 radical (unpaired) electrons. The molecule has 1 heterocycles. The summed E-state index contributed by atoms with van der Waals surface area (Å²) in [5.74, 6) is -2.24. The van der Waals surface area contributed by atoms with Crippen molar-refractivity contribution in [3.63, 3.8) is 0 Å². The summed E-state index contributed by atoms with van der Waals surface area (Å²) in [5.41, 5.74) is -3.90. The monoisotopic (exact) mass is 438 g/mol. The molecule has 0 aromatic carbocycles. The lowest BCUT2D eigenvalue weighted by molar-refractivity contribution is -0.214. The smallest absolute Gasteiger partial charge is 0.304 e. The molecular weight excluding hydrogens is 412 g/mol. The minimum absolute atomic E-state index is 0.162. The van der Waals surface area contributed by atoms with Crippen molar-refractivity contribution in [3.8, 4) is 0 Å². The topological polar surface area (TPSA) is 99.1 Å². The van der Waals surface area contributed by atoms with Crippen LogP contribution in [0.3, 0.4) is 0 Å². The van der Waals surface area contributed by atoms with Gasteiger partial charge in [0, 0.05) is 19.6 Å². The number of aliphatic hydroxyl groups is 1. The van der Waals surface area contributed by atoms with E-state index in [2.05, 4.69) is 19.9 Å². The van der Waals surface area contributed by atoms with Crippen molar-refractivity contribution in [2.45, 2.75) is 58.5 Å². The zero-order valence-corrected chi connectivity index (χ0v) is 18.7. The van der Waals surface area contributed by atoms with Gasteiger partial charge in [0.15, 0.2) is 0 Å². The number of allylic oxidation sites excluding steroid dienone is 4. The van der Waals surface area contributed by atoms with Gasteiger partial charge in [0.2, 0.25) is 29.1 Å². The Kier molecular flexibility index (Phi) is 7.12. The highest BCUT2D eigenvalue weighted by Crippen LogP contribution is 2.45. The van der Waals surface area contributed by atoms with Gasteiger partial charge in [0.05, 0.1) is 5.03 Å². The molecule has 0 unspecified atom stereocenters. The van der Waals surface area contributed by atoms with Crippen LogP contribution < -0.4 is 0 Å². The van der Waals surface area contributed by atoms with E-state index in [0.717, 1.165) is 25.8 Å². The Bertz CT molecular complexity index is 882. The number of carbonyl (C=O) groups excluding carboxylic acids is 3. The lowest BCUT2D eigenvalue weighted by atomic mass is 9.71. The molecule has 1 aliphatic carbocycles. The van der Waals surface area contributed by atoms with Gasteiger partial charge in [0.25, 0.3) is 0 Å². The molecule has 4 atom stereocenters. The summed E-state index contributed by atoms with van der Waals surface area (Å²) >= 11 is 6.24. The highest BCUT2D eigenvalue weighted by Gasteiger charge is 2.65. The number of rotatable bonds is 6. The Labute approximate surface area is 181 Å². The van der Waals surface area contributed by atoms with Gasteiger partial charge in [-0.1, -0.05) is 49.6 Å². The van der Waals surface area contributed by atoms with E-state index < -0.39 is 40.1 Å². The largest absolute Gasteiger partial charge is 0.461 e. The number of ether oxygens (including phenoxy) is 3. The predicted octanol–water partition coefficient (Wildman–Crippen LogP) is 3.12. The fraction of sp³-hybridized carbons (Fsp3) is 0.500. The molecule has 1 N–H and O–H groups in total. The summed E-state index contributed by atoms with van der Waals surface area (Å²) in [7, 11) is 1.24. The Morgan fingerprint density at radius 1 is 1.40 bits per heavy atom. The molecule has 0 aromatic rings. The SMILES string of the molecule is CC[C@H](C)/C=C(C)/C=C/C1=CC2=C(Cl)C(=O)[C@](C)(OC(C)=O)C(=O)[C@]2(O)[C@H](OC)O1. The number of carbonyl (C=O) groups is 3. The zero-order chi connectivity index (χ0) is 22.9. The molecule has 7 nitrogen and oxygen atoms in total. The van der Waals surface area contributed by atoms with Crippen LogP contribution in [0.1, 0.15) is 41.0 Å². The van der Waals surface area contributed by atoms with Crippen molar-refractivity contribution in [2.75, 3.05) is 7.11 Å². The molecule has 8 heteroatoms. The summed E-state index contributed by atoms with van der Waals surface area (Å²) in [4.78, 5) is 37.4. The summed E-state index contributed by atoms with van der Waals surface area (Å²) < 4.78 is 15.8. The first-order valence-corrected chi connectivity index (χ1v) is 9.99. The zero-order valence-electron chi connectivity index (χ0n) is 17.9. The van der Waals surface area contributed by atoms with Crippen LogP contribution in [-0.4, -0.2) is 47.2 Å². The van der Waals surface area contributed by atoms with Crippen LogP contribution >= 0.6 is 11.6 Å². The summed E-state index contributed by atoms with van der Waals surface area (Å²) in [6.45, 7) is 8.25. The molecule has 1 aliphatic heterocycles. The Balaban J connectivity index is 2.56. The van der Waals surface area contributed by atoms with E-state index in [1.165, 1.54) is 13.2 Å². The molecule has 0 amide bonds. The number of fused-ring (bicyclic) bond motifs is 1. The lowest BCUT2D eigenvalue weighted by Crippen LogP contribution is -2.67. The average molecular weight is 439 g/mol. The number of halogens is 1. The van der Waals surface area contributed by atoms with Gasteiger partial charge in [-0.3, -0.25) is 14.4 Å². The molecule has 0 bridgehead atoms. The van der Waals surface area contributed by atoms with Crippen molar-refractivity contribution in [1.82, 2.24) is 0 Å². The molecule has 30 heavy (non-hydrogen) atoms. The number of Topliss-reactive ketones (excluding diaryl/α,β-unsaturated/α-hetero) is 2. The number of ketones is 2. The minimum Gasteiger partial charge on any atom is -0.461 e. The van der Waals surface area contributed by atoms with Crippen LogP contribution in [0.15, 0.2) is 46.2 Å². The lowest BCUT2D eigenvalue weighted by Gasteiger charge is -2.45. The third kappa shape index (κ3) is 4.15. The van der Waals surface area contributed by atoms with Crippen molar-refractivity contribution in [3.05, 3.63) is 46.2 Å². The van der Waals surface area contributed by atoms with Gasteiger partial charge in [-0.05, 0) is 31.9 Å². The van der Waals surface area contributed by atoms with E-state index in [1.54, 1.807) is 12.2 Å². The summed E-state index contributed by atoms with van der Waals surface area (Å²) in [5, 5.41) is 10.8. The van der Waals surface area contributed by atoms with Gasteiger partial charge in [-0.2, -0.15) is 0 Å². The molecule has 2 aliphatic rings. The first-order chi connectivity index (χ1) is 13.9. The van der Waals surface area contributed by atoms with Crippen LogP contribution in [-0.2, 0) is 28.6 Å². The van der Waals surface area contributed by atoms with Gasteiger partial charge in [-0.15, -0.1) is 0 Å². The molecule has 0 saturated carbocycles. The normalized spacial score (nSPS) is 30.7. The molecule has 0 fully saturated rings. The maximum absolute atomic E-state index is 13.1. The number of hydrogen-bond donors (Lipinski definition) is 1. The van der Waals surface area contributed by atoms with E-state index in [-0.39, 0.29) is 11.3 Å². The van der Waals surface area contributed by atoms with Gasteiger partial charge < -0.3 is 19.3 Å². The second-order valence-corrected chi connectivity index (χ2v) is 8.02. The van der Waals surface area contributed by atoms with Crippen LogP contribution in [0.2, 0.25) is 0 Å². The molecule has 0 saturated heterocycles. The predicted molar refractivity (Wildman–Crippen MR) is 110 cm³/mol. The Morgan fingerprint density at radius 2 is 2.03 bits per heavy atom. The van der Waals surface area contributed by atoms with Crippen molar-refractivity contribution >= 4 is 29.1 Å². The molecular formula is C22H27ClO7. The van der Waals surface area contributed by atoms with Crippen molar-refractivity contribution < 1.29 is 33.7 Å². The number of hydrogen-bond acceptors (Lipinski definition) is 7. The number of esters is 1. The van der Waals surface area contributed by atoms with Gasteiger partial charge in [0.1, 0.15) is 5.76 Å². The van der Waals surface area contributed by atoms with E-state index >= 15 is 0 Å². The van der Waals surface area contributed by atoms with Crippen LogP contribution in [0.4, 0.5) is 0 Å². The van der Waals surface area contributed by atoms with E-state index in [9.17, 15) is 19.5 Å². The highest BCUT2D eigenvalue weighted by molar-refractivity contribution is 6.48. The van der Waals surface area contributed by atoms with Crippen LogP contribution in [0, 0.1) is 5.92 Å². The maximum Gasteiger partial charge on any atom is 0.304 e. The molecule has 0 spiro atoms. The van der Waals surface area contributed by atoms with E-state index in [4.69, 9.17) is 25.8 Å². The van der Waals surface area contributed by atoms with Crippen LogP contribution in [0.25, 0.3) is 0 Å². The minimum atomic E-state index is -2.43. The molecule has 2 rings (SSSR count). The number of methoxy groups -OCH3 is 1. The third-order valence-electron chi connectivity index (χ3n) is 5.19. The van der Waals surface area contributed by atoms with Crippen molar-refractivity contribution in [2.24, 2.45) is 5.92 Å². The second kappa shape index (κ2) is 8.88. The van der Waals surface area contributed by atoms with Crippen molar-refractivity contribution in [1.29, 1.82) is 0 Å². The third-order valence-corrected chi connectivity index (χ3v) is 5.57. The maximum atomic E-state index is 13.1. The first-order valence-electron chi connectivity index (χ1n) is 9.61. The standard InChI is InChI=1S/C22H27ClO7/c1-7-12(2)10-13(3)8-9-15-11-16-17(23)18(25)21(5,30-14(4)24)19(26)22(16,27)20(28-6)29-15/h8-12,20,27H,7H2,1-6H3/b9-8+,13-10+/t12-,20+,21-,22-/m0/s1. The summed E-state index contributed by atoms with van der Waals surface area (Å²) in [6.07, 6.45) is 6.34. The van der Waals surface area contributed by atoms with Gasteiger partial charge >= 0.3 is 5.97 Å². The fourth-order valence-electron chi connectivity index (χ4n) is 3.40. The fourth-order valence-corrected chi connectivity index (χ4v) is 3.78. The van der Waals surface area contributed by atoms with E-state index in [0.29, 0.717) is 5.92 Å². The summed E-state index contributed by atoms with van der Waals surface area (Å²) in [6, 6.07) is 0. The van der Waals surface area contributed by atoms with E-state index in [1.807, 2.05) is 6.92 Å². The first kappa shape index (κ1) is 24.1. The van der Waals surface area contributed by atoms with Crippen LogP contribution in [0.5, 0.6) is 0 Å². The second-order valence-electron chi connectivity index (χ2n) is 7.64. The Hall–Kier alpha value is -2.22. The Morgan fingerprint density at radius 3 is 2.57 bits per heavy atom. The average Bonchev–Trinajstić information content (AvgIpc) is 2.69. The molecule has 164 valence electrons. The molecule has 0 aromatic heterocycles. The highest BCUT2D eigenvalue weighted by atomic mass is 35.5. The quantitative estimate of drug-likeness (QED) is 0.386.